The molecule has 6 nitrogen and oxygen atoms in total. The fraction of sp³-hybridized carbons (Fsp3) is 0.588. The van der Waals surface area contributed by atoms with Gasteiger partial charge in [0.05, 0.1) is 13.4 Å². The lowest BCUT2D eigenvalue weighted by molar-refractivity contribution is -0.137. The van der Waals surface area contributed by atoms with Gasteiger partial charge in [-0.1, -0.05) is 18.2 Å². The lowest BCUT2D eigenvalue weighted by Gasteiger charge is -2.32. The van der Waals surface area contributed by atoms with E-state index in [1.54, 1.807) is 12.0 Å². The molecule has 0 spiro atoms. The second kappa shape index (κ2) is 7.53. The van der Waals surface area contributed by atoms with Crippen molar-refractivity contribution in [2.75, 3.05) is 19.9 Å². The van der Waals surface area contributed by atoms with Crippen molar-refractivity contribution in [1.29, 1.82) is 0 Å². The number of methoxy groups -OCH3 is 1. The predicted molar refractivity (Wildman–Crippen MR) is 93.3 cm³/mol. The number of benzene rings is 1. The summed E-state index contributed by atoms with van der Waals surface area (Å²) >= 11 is 0. The van der Waals surface area contributed by atoms with Crippen molar-refractivity contribution in [3.8, 4) is 5.75 Å². The molecule has 7 heteroatoms. The van der Waals surface area contributed by atoms with Crippen molar-refractivity contribution in [3.63, 3.8) is 0 Å². The van der Waals surface area contributed by atoms with Gasteiger partial charge in [-0.3, -0.25) is 4.79 Å². The molecule has 134 valence electrons. The third-order valence-electron chi connectivity index (χ3n) is 4.35. The number of para-hydroxylation sites is 1. The topological polar surface area (TPSA) is 66.9 Å². The van der Waals surface area contributed by atoms with E-state index in [-0.39, 0.29) is 11.9 Å². The molecule has 0 radical (unpaired) electrons. The summed E-state index contributed by atoms with van der Waals surface area (Å²) in [7, 11) is -1.78. The third kappa shape index (κ3) is 4.08. The highest BCUT2D eigenvalue weighted by Crippen LogP contribution is 2.26. The minimum atomic E-state index is -3.38. The van der Waals surface area contributed by atoms with E-state index in [2.05, 4.69) is 0 Å². The SMILES string of the molecule is COc1ccccc1CN(C(=O)C1CCCN1S(C)(=O)=O)C(C)C. The average Bonchev–Trinajstić information content (AvgIpc) is 3.02. The number of hydrogen-bond donors (Lipinski definition) is 0. The summed E-state index contributed by atoms with van der Waals surface area (Å²) in [5, 5.41) is 0. The summed E-state index contributed by atoms with van der Waals surface area (Å²) in [6.45, 7) is 4.69. The Balaban J connectivity index is 2.26. The zero-order valence-electron chi connectivity index (χ0n) is 14.7. The van der Waals surface area contributed by atoms with Crippen LogP contribution in [0.15, 0.2) is 24.3 Å². The zero-order valence-corrected chi connectivity index (χ0v) is 15.5. The molecule has 1 atom stereocenters. The van der Waals surface area contributed by atoms with Crippen molar-refractivity contribution < 1.29 is 17.9 Å². The Morgan fingerprint density at radius 3 is 2.62 bits per heavy atom. The number of hydrogen-bond acceptors (Lipinski definition) is 4. The Morgan fingerprint density at radius 1 is 1.38 bits per heavy atom. The Hall–Kier alpha value is -1.60. The van der Waals surface area contributed by atoms with Crippen molar-refractivity contribution in [3.05, 3.63) is 29.8 Å². The van der Waals surface area contributed by atoms with Gasteiger partial charge in [-0.05, 0) is 32.8 Å². The number of sulfonamides is 1. The van der Waals surface area contributed by atoms with Crippen LogP contribution in [-0.2, 0) is 21.4 Å². The van der Waals surface area contributed by atoms with Gasteiger partial charge in [0.1, 0.15) is 11.8 Å². The molecule has 1 fully saturated rings. The van der Waals surface area contributed by atoms with E-state index in [0.717, 1.165) is 11.3 Å². The summed E-state index contributed by atoms with van der Waals surface area (Å²) in [5.74, 6) is 0.584. The number of nitrogens with zero attached hydrogens (tertiary/aromatic N) is 2. The Bertz CT molecular complexity index is 688. The standard InChI is InChI=1S/C17H26N2O4S/c1-13(2)18(12-14-8-5-6-10-16(14)23-3)17(20)15-9-7-11-19(15)24(4,21)22/h5-6,8,10,13,15H,7,9,11-12H2,1-4H3. The number of carbonyl (C=O) groups excluding carboxylic acids is 1. The first-order valence-electron chi connectivity index (χ1n) is 8.15. The van der Waals surface area contributed by atoms with Crippen LogP contribution in [0.2, 0.25) is 0 Å². The fourth-order valence-corrected chi connectivity index (χ4v) is 4.23. The highest BCUT2D eigenvalue weighted by Gasteiger charge is 2.39. The van der Waals surface area contributed by atoms with E-state index in [0.29, 0.717) is 25.9 Å². The molecule has 1 aromatic carbocycles. The zero-order chi connectivity index (χ0) is 17.9. The largest absolute Gasteiger partial charge is 0.496 e. The molecule has 1 amide bonds. The lowest BCUT2D eigenvalue weighted by atomic mass is 10.1. The van der Waals surface area contributed by atoms with Gasteiger partial charge < -0.3 is 9.64 Å². The van der Waals surface area contributed by atoms with Gasteiger partial charge in [-0.25, -0.2) is 8.42 Å². The summed E-state index contributed by atoms with van der Waals surface area (Å²) < 4.78 is 30.6. The quantitative estimate of drug-likeness (QED) is 0.782. The maximum atomic E-state index is 13.0. The third-order valence-corrected chi connectivity index (χ3v) is 5.64. The van der Waals surface area contributed by atoms with Crippen LogP contribution in [0.4, 0.5) is 0 Å². The van der Waals surface area contributed by atoms with Crippen LogP contribution in [0.3, 0.4) is 0 Å². The molecule has 1 heterocycles. The van der Waals surface area contributed by atoms with Crippen LogP contribution in [0, 0.1) is 0 Å². The maximum Gasteiger partial charge on any atom is 0.241 e. The average molecular weight is 354 g/mol. The summed E-state index contributed by atoms with van der Waals surface area (Å²) in [6.07, 6.45) is 2.45. The van der Waals surface area contributed by atoms with Crippen LogP contribution >= 0.6 is 0 Å². The number of ether oxygens (including phenoxy) is 1. The summed E-state index contributed by atoms with van der Waals surface area (Å²) in [6, 6.07) is 6.92. The van der Waals surface area contributed by atoms with E-state index in [9.17, 15) is 13.2 Å². The predicted octanol–water partition coefficient (Wildman–Crippen LogP) is 1.86. The van der Waals surface area contributed by atoms with Crippen molar-refractivity contribution in [2.24, 2.45) is 0 Å². The molecule has 0 aromatic heterocycles. The van der Waals surface area contributed by atoms with Crippen LogP contribution in [-0.4, -0.2) is 55.5 Å². The smallest absolute Gasteiger partial charge is 0.241 e. The Labute approximate surface area is 144 Å². The Kier molecular flexibility index (Phi) is 5.87. The molecule has 1 unspecified atom stereocenters. The highest BCUT2D eigenvalue weighted by molar-refractivity contribution is 7.88. The molecule has 0 aliphatic carbocycles. The minimum Gasteiger partial charge on any atom is -0.496 e. The van der Waals surface area contributed by atoms with Gasteiger partial charge in [0, 0.05) is 24.7 Å². The van der Waals surface area contributed by atoms with Gasteiger partial charge >= 0.3 is 0 Å². The van der Waals surface area contributed by atoms with Crippen LogP contribution < -0.4 is 4.74 Å². The van der Waals surface area contributed by atoms with E-state index in [1.807, 2.05) is 38.1 Å². The molecule has 1 aliphatic heterocycles. The fourth-order valence-electron chi connectivity index (χ4n) is 3.11. The molecule has 1 saturated heterocycles. The first-order valence-corrected chi connectivity index (χ1v) is 9.99. The maximum absolute atomic E-state index is 13.0. The number of rotatable bonds is 6. The van der Waals surface area contributed by atoms with Gasteiger partial charge in [-0.2, -0.15) is 4.31 Å². The van der Waals surface area contributed by atoms with Gasteiger partial charge in [0.15, 0.2) is 0 Å². The van der Waals surface area contributed by atoms with Crippen LogP contribution in [0.5, 0.6) is 5.75 Å². The molecule has 1 aliphatic rings. The monoisotopic (exact) mass is 354 g/mol. The normalized spacial score (nSPS) is 18.8. The van der Waals surface area contributed by atoms with Crippen LogP contribution in [0.1, 0.15) is 32.3 Å². The molecule has 0 bridgehead atoms. The first-order chi connectivity index (χ1) is 11.3. The van der Waals surface area contributed by atoms with Gasteiger partial charge in [-0.15, -0.1) is 0 Å². The van der Waals surface area contributed by atoms with Crippen LogP contribution in [0.25, 0.3) is 0 Å². The summed E-state index contributed by atoms with van der Waals surface area (Å²) in [5.41, 5.74) is 0.908. The minimum absolute atomic E-state index is 0.0376. The van der Waals surface area contributed by atoms with Gasteiger partial charge in [0.25, 0.3) is 0 Å². The van der Waals surface area contributed by atoms with E-state index < -0.39 is 16.1 Å². The lowest BCUT2D eigenvalue weighted by Crippen LogP contribution is -2.49. The molecule has 0 N–H and O–H groups in total. The molecular weight excluding hydrogens is 328 g/mol. The van der Waals surface area contributed by atoms with E-state index >= 15 is 0 Å². The molecular formula is C17H26N2O4S. The second-order valence-corrected chi connectivity index (χ2v) is 8.34. The van der Waals surface area contributed by atoms with Crippen molar-refractivity contribution >= 4 is 15.9 Å². The molecule has 2 rings (SSSR count). The summed E-state index contributed by atoms with van der Waals surface area (Å²) in [4.78, 5) is 14.8. The van der Waals surface area contributed by atoms with Crippen molar-refractivity contribution in [2.45, 2.75) is 45.3 Å². The Morgan fingerprint density at radius 2 is 2.04 bits per heavy atom. The van der Waals surface area contributed by atoms with Gasteiger partial charge in [0.2, 0.25) is 15.9 Å². The van der Waals surface area contributed by atoms with E-state index in [4.69, 9.17) is 4.74 Å². The second-order valence-electron chi connectivity index (χ2n) is 6.40. The highest BCUT2D eigenvalue weighted by atomic mass is 32.2. The number of amides is 1. The van der Waals surface area contributed by atoms with Crippen molar-refractivity contribution in [1.82, 2.24) is 9.21 Å². The number of carbonyl (C=O) groups is 1. The first kappa shape index (κ1) is 18.7. The molecule has 0 saturated carbocycles. The molecule has 1 aromatic rings. The van der Waals surface area contributed by atoms with E-state index in [1.165, 1.54) is 10.6 Å². The molecule has 24 heavy (non-hydrogen) atoms.